The van der Waals surface area contributed by atoms with Crippen molar-refractivity contribution in [1.82, 2.24) is 9.97 Å². The monoisotopic (exact) mass is 296 g/mol. The lowest BCUT2D eigenvalue weighted by molar-refractivity contribution is 0.965. The predicted octanol–water partition coefficient (Wildman–Crippen LogP) is 4.35. The van der Waals surface area contributed by atoms with Crippen molar-refractivity contribution in [2.45, 2.75) is 13.3 Å². The summed E-state index contributed by atoms with van der Waals surface area (Å²) in [6.45, 7) is 2.96. The van der Waals surface area contributed by atoms with Crippen LogP contribution in [0.1, 0.15) is 13.3 Å². The summed E-state index contributed by atoms with van der Waals surface area (Å²) in [6.07, 6.45) is 4.38. The molecule has 0 aliphatic heterocycles. The maximum Gasteiger partial charge on any atom is 0.151 e. The van der Waals surface area contributed by atoms with Gasteiger partial charge >= 0.3 is 0 Å². The minimum absolute atomic E-state index is 0.500. The predicted molar refractivity (Wildman–Crippen MR) is 80.6 cm³/mol. The van der Waals surface area contributed by atoms with E-state index in [-0.39, 0.29) is 0 Å². The molecule has 0 spiro atoms. The molecule has 0 bridgehead atoms. The van der Waals surface area contributed by atoms with E-state index in [4.69, 9.17) is 23.2 Å². The molecule has 0 radical (unpaired) electrons. The molecule has 2 rings (SSSR count). The lowest BCUT2D eigenvalue weighted by atomic mass is 10.3. The molecular weight excluding hydrogens is 283 g/mol. The van der Waals surface area contributed by atoms with E-state index in [0.29, 0.717) is 15.9 Å². The van der Waals surface area contributed by atoms with Gasteiger partial charge in [-0.25, -0.2) is 4.98 Å². The third kappa shape index (κ3) is 3.98. The largest absolute Gasteiger partial charge is 0.369 e. The topological polar surface area (TPSA) is 49.8 Å². The minimum atomic E-state index is 0.500. The van der Waals surface area contributed by atoms with Crippen LogP contribution in [0.4, 0.5) is 17.3 Å². The molecule has 2 N–H and O–H groups in total. The number of rotatable bonds is 5. The third-order valence-corrected chi connectivity index (χ3v) is 3.12. The Hall–Kier alpha value is -1.52. The van der Waals surface area contributed by atoms with Gasteiger partial charge in [-0.05, 0) is 24.6 Å². The van der Waals surface area contributed by atoms with Gasteiger partial charge in [-0.2, -0.15) is 0 Å². The van der Waals surface area contributed by atoms with Crippen molar-refractivity contribution >= 4 is 40.5 Å². The zero-order valence-electron chi connectivity index (χ0n) is 10.5. The van der Waals surface area contributed by atoms with Crippen LogP contribution in [0.25, 0.3) is 0 Å². The molecule has 100 valence electrons. The van der Waals surface area contributed by atoms with Gasteiger partial charge in [0, 0.05) is 12.2 Å². The van der Waals surface area contributed by atoms with Gasteiger partial charge in [0.2, 0.25) is 0 Å². The Bertz CT molecular complexity index is 560. The molecule has 4 nitrogen and oxygen atoms in total. The van der Waals surface area contributed by atoms with Gasteiger partial charge < -0.3 is 10.6 Å². The van der Waals surface area contributed by atoms with Crippen LogP contribution in [0, 0.1) is 0 Å². The number of aromatic nitrogens is 2. The summed E-state index contributed by atoms with van der Waals surface area (Å²) in [7, 11) is 0. The first-order valence-corrected chi connectivity index (χ1v) is 6.72. The van der Waals surface area contributed by atoms with E-state index in [0.717, 1.165) is 24.5 Å². The van der Waals surface area contributed by atoms with Crippen molar-refractivity contribution in [2.75, 3.05) is 17.2 Å². The van der Waals surface area contributed by atoms with Gasteiger partial charge in [0.25, 0.3) is 0 Å². The summed E-state index contributed by atoms with van der Waals surface area (Å²) in [5.74, 6) is 1.39. The van der Waals surface area contributed by atoms with Crippen molar-refractivity contribution in [3.63, 3.8) is 0 Å². The number of hydrogen-bond donors (Lipinski definition) is 2. The molecule has 0 fully saturated rings. The summed E-state index contributed by atoms with van der Waals surface area (Å²) in [5.41, 5.74) is 0.816. The number of nitrogens with one attached hydrogen (secondary N) is 2. The van der Waals surface area contributed by atoms with E-state index in [1.54, 1.807) is 24.5 Å². The summed E-state index contributed by atoms with van der Waals surface area (Å²) in [6, 6.07) is 5.32. The standard InChI is InChI=1S/C13H14Cl2N4/c1-2-5-17-12-7-16-8-13(19-12)18-9-3-4-10(14)11(15)6-9/h3-4,6-8H,2,5H2,1H3,(H2,17,18,19). The van der Waals surface area contributed by atoms with Crippen LogP contribution >= 0.6 is 23.2 Å². The maximum atomic E-state index is 5.96. The van der Waals surface area contributed by atoms with Gasteiger partial charge in [-0.1, -0.05) is 30.1 Å². The van der Waals surface area contributed by atoms with Crippen LogP contribution in [-0.2, 0) is 0 Å². The first-order valence-electron chi connectivity index (χ1n) is 5.97. The SMILES string of the molecule is CCCNc1cncc(Nc2ccc(Cl)c(Cl)c2)n1. The molecule has 1 aromatic heterocycles. The average Bonchev–Trinajstić information content (AvgIpc) is 2.41. The lowest BCUT2D eigenvalue weighted by Gasteiger charge is -2.08. The van der Waals surface area contributed by atoms with E-state index < -0.39 is 0 Å². The van der Waals surface area contributed by atoms with Crippen molar-refractivity contribution < 1.29 is 0 Å². The molecule has 0 saturated heterocycles. The Morgan fingerprint density at radius 2 is 1.89 bits per heavy atom. The van der Waals surface area contributed by atoms with E-state index in [1.165, 1.54) is 0 Å². The molecule has 2 aromatic rings. The fourth-order valence-electron chi connectivity index (χ4n) is 1.49. The summed E-state index contributed by atoms with van der Waals surface area (Å²) < 4.78 is 0. The molecule has 1 aromatic carbocycles. The first kappa shape index (κ1) is 13.9. The highest BCUT2D eigenvalue weighted by molar-refractivity contribution is 6.42. The van der Waals surface area contributed by atoms with Gasteiger partial charge in [-0.3, -0.25) is 4.98 Å². The van der Waals surface area contributed by atoms with Crippen molar-refractivity contribution in [1.29, 1.82) is 0 Å². The van der Waals surface area contributed by atoms with E-state index >= 15 is 0 Å². The fourth-order valence-corrected chi connectivity index (χ4v) is 1.78. The van der Waals surface area contributed by atoms with Gasteiger partial charge in [0.15, 0.2) is 5.82 Å². The highest BCUT2D eigenvalue weighted by Gasteiger charge is 2.02. The molecule has 6 heteroatoms. The Morgan fingerprint density at radius 3 is 2.63 bits per heavy atom. The van der Waals surface area contributed by atoms with Crippen molar-refractivity contribution in [3.05, 3.63) is 40.6 Å². The zero-order chi connectivity index (χ0) is 13.7. The van der Waals surface area contributed by atoms with Crippen molar-refractivity contribution in [2.24, 2.45) is 0 Å². The minimum Gasteiger partial charge on any atom is -0.369 e. The highest BCUT2D eigenvalue weighted by Crippen LogP contribution is 2.26. The molecule has 0 saturated carbocycles. The second-order valence-electron chi connectivity index (χ2n) is 3.97. The van der Waals surface area contributed by atoms with Crippen LogP contribution in [0.3, 0.4) is 0 Å². The number of anilines is 3. The van der Waals surface area contributed by atoms with E-state index in [9.17, 15) is 0 Å². The molecule has 0 unspecified atom stereocenters. The summed E-state index contributed by atoms with van der Waals surface area (Å²) >= 11 is 11.8. The fraction of sp³-hybridized carbons (Fsp3) is 0.231. The zero-order valence-corrected chi connectivity index (χ0v) is 12.0. The van der Waals surface area contributed by atoms with Gasteiger partial charge in [0.05, 0.1) is 22.4 Å². The summed E-state index contributed by atoms with van der Waals surface area (Å²) in [4.78, 5) is 8.52. The van der Waals surface area contributed by atoms with Crippen LogP contribution < -0.4 is 10.6 Å². The van der Waals surface area contributed by atoms with Gasteiger partial charge in [0.1, 0.15) is 5.82 Å². The van der Waals surface area contributed by atoms with E-state index in [1.807, 2.05) is 6.07 Å². The van der Waals surface area contributed by atoms with Crippen LogP contribution in [0.15, 0.2) is 30.6 Å². The third-order valence-electron chi connectivity index (χ3n) is 2.38. The number of nitrogens with zero attached hydrogens (tertiary/aromatic N) is 2. The lowest BCUT2D eigenvalue weighted by Crippen LogP contribution is -2.04. The summed E-state index contributed by atoms with van der Waals surface area (Å²) in [5, 5.41) is 7.34. The Kier molecular flexibility index (Phi) is 4.82. The Morgan fingerprint density at radius 1 is 1.11 bits per heavy atom. The molecule has 0 atom stereocenters. The van der Waals surface area contributed by atoms with Crippen molar-refractivity contribution in [3.8, 4) is 0 Å². The molecule has 19 heavy (non-hydrogen) atoms. The molecule has 0 amide bonds. The number of halogens is 2. The first-order chi connectivity index (χ1) is 9.19. The number of hydrogen-bond acceptors (Lipinski definition) is 4. The quantitative estimate of drug-likeness (QED) is 0.861. The Balaban J connectivity index is 2.11. The number of benzene rings is 1. The Labute approximate surface area is 122 Å². The molecule has 0 aliphatic rings. The van der Waals surface area contributed by atoms with Gasteiger partial charge in [-0.15, -0.1) is 0 Å². The maximum absolute atomic E-state index is 5.96. The second kappa shape index (κ2) is 6.59. The van der Waals surface area contributed by atoms with Crippen LogP contribution in [-0.4, -0.2) is 16.5 Å². The van der Waals surface area contributed by atoms with E-state index in [2.05, 4.69) is 27.5 Å². The molecule has 0 aliphatic carbocycles. The van der Waals surface area contributed by atoms with Crippen LogP contribution in [0.2, 0.25) is 10.0 Å². The smallest absolute Gasteiger partial charge is 0.151 e. The molecular formula is C13H14Cl2N4. The second-order valence-corrected chi connectivity index (χ2v) is 4.78. The normalized spacial score (nSPS) is 10.3. The van der Waals surface area contributed by atoms with Crippen LogP contribution in [0.5, 0.6) is 0 Å². The molecule has 1 heterocycles. The highest BCUT2D eigenvalue weighted by atomic mass is 35.5. The average molecular weight is 297 g/mol.